The number of rotatable bonds is 7. The van der Waals surface area contributed by atoms with E-state index in [0.29, 0.717) is 12.1 Å². The number of nitrogens with one attached hydrogen (secondary N) is 2. The third kappa shape index (κ3) is 6.73. The van der Waals surface area contributed by atoms with Gasteiger partial charge in [0.05, 0.1) is 12.1 Å². The van der Waals surface area contributed by atoms with Gasteiger partial charge in [0.15, 0.2) is 0 Å². The van der Waals surface area contributed by atoms with E-state index in [9.17, 15) is 36.3 Å². The Balaban J connectivity index is 2.58. The maximum Gasteiger partial charge on any atom is 0.416 e. The maximum absolute atomic E-state index is 12.4. The van der Waals surface area contributed by atoms with E-state index in [0.717, 1.165) is 12.1 Å². The zero-order valence-electron chi connectivity index (χ0n) is 12.4. The number of carbonyl (C=O) groups excluding carboxylic acids is 2. The van der Waals surface area contributed by atoms with Gasteiger partial charge in [0, 0.05) is 12.0 Å². The normalized spacial score (nSPS) is 12.6. The molecular formula is C14H13F5N2O4. The Morgan fingerprint density at radius 3 is 2.08 bits per heavy atom. The summed E-state index contributed by atoms with van der Waals surface area (Å²) in [6, 6.07) is 1.33. The molecule has 138 valence electrons. The first-order chi connectivity index (χ1) is 11.5. The SMILES string of the molecule is O=C(CNC(=O)c1ccc(C(F)(F)F)cc1)NC(CC(F)F)C(=O)O. The summed E-state index contributed by atoms with van der Waals surface area (Å²) in [5.74, 6) is -3.58. The monoisotopic (exact) mass is 368 g/mol. The van der Waals surface area contributed by atoms with E-state index in [1.165, 1.54) is 0 Å². The molecular weight excluding hydrogens is 355 g/mol. The van der Waals surface area contributed by atoms with Gasteiger partial charge in [-0.3, -0.25) is 9.59 Å². The number of halogens is 5. The summed E-state index contributed by atoms with van der Waals surface area (Å²) in [6.07, 6.45) is -8.62. The van der Waals surface area contributed by atoms with Crippen LogP contribution in [-0.2, 0) is 15.8 Å². The average Bonchev–Trinajstić information content (AvgIpc) is 2.50. The summed E-state index contributed by atoms with van der Waals surface area (Å²) in [4.78, 5) is 33.9. The van der Waals surface area contributed by atoms with Crippen LogP contribution in [0, 0.1) is 0 Å². The lowest BCUT2D eigenvalue weighted by atomic mass is 10.1. The number of hydrogen-bond acceptors (Lipinski definition) is 3. The Kier molecular flexibility index (Phi) is 6.83. The summed E-state index contributed by atoms with van der Waals surface area (Å²) in [6.45, 7) is -0.729. The quantitative estimate of drug-likeness (QED) is 0.638. The first-order valence-electron chi connectivity index (χ1n) is 6.76. The largest absolute Gasteiger partial charge is 0.480 e. The molecule has 0 aliphatic carbocycles. The third-order valence-corrected chi connectivity index (χ3v) is 2.93. The van der Waals surface area contributed by atoms with E-state index in [4.69, 9.17) is 5.11 Å². The molecule has 0 aliphatic heterocycles. The van der Waals surface area contributed by atoms with E-state index >= 15 is 0 Å². The number of alkyl halides is 5. The van der Waals surface area contributed by atoms with Crippen molar-refractivity contribution in [3.63, 3.8) is 0 Å². The Morgan fingerprint density at radius 2 is 1.64 bits per heavy atom. The van der Waals surface area contributed by atoms with Gasteiger partial charge in [-0.15, -0.1) is 0 Å². The molecule has 0 bridgehead atoms. The topological polar surface area (TPSA) is 95.5 Å². The Labute approximate surface area is 138 Å². The molecule has 1 atom stereocenters. The zero-order valence-corrected chi connectivity index (χ0v) is 12.4. The van der Waals surface area contributed by atoms with Crippen LogP contribution in [0.1, 0.15) is 22.3 Å². The Morgan fingerprint density at radius 1 is 1.08 bits per heavy atom. The molecule has 2 amide bonds. The molecule has 11 heteroatoms. The fraction of sp³-hybridized carbons (Fsp3) is 0.357. The molecule has 0 fully saturated rings. The van der Waals surface area contributed by atoms with Crippen LogP contribution >= 0.6 is 0 Å². The minimum Gasteiger partial charge on any atom is -0.480 e. The van der Waals surface area contributed by atoms with Gasteiger partial charge >= 0.3 is 12.1 Å². The van der Waals surface area contributed by atoms with Crippen LogP contribution < -0.4 is 10.6 Å². The van der Waals surface area contributed by atoms with Crippen molar-refractivity contribution in [2.45, 2.75) is 25.1 Å². The first-order valence-corrected chi connectivity index (χ1v) is 6.76. The molecule has 0 spiro atoms. The average molecular weight is 368 g/mol. The minimum atomic E-state index is -4.56. The highest BCUT2D eigenvalue weighted by Gasteiger charge is 2.30. The van der Waals surface area contributed by atoms with Crippen LogP contribution in [0.5, 0.6) is 0 Å². The molecule has 25 heavy (non-hydrogen) atoms. The lowest BCUT2D eigenvalue weighted by molar-refractivity contribution is -0.142. The molecule has 0 aromatic heterocycles. The number of carbonyl (C=O) groups is 3. The van der Waals surface area contributed by atoms with Crippen molar-refractivity contribution in [2.24, 2.45) is 0 Å². The molecule has 0 saturated carbocycles. The van der Waals surface area contributed by atoms with Crippen molar-refractivity contribution in [1.29, 1.82) is 0 Å². The Bertz CT molecular complexity index is 631. The lowest BCUT2D eigenvalue weighted by Crippen LogP contribution is -2.46. The molecule has 1 unspecified atom stereocenters. The molecule has 3 N–H and O–H groups in total. The molecule has 1 aromatic carbocycles. The van der Waals surface area contributed by atoms with Crippen LogP contribution in [0.3, 0.4) is 0 Å². The first kappa shape index (κ1) is 20.3. The molecule has 6 nitrogen and oxygen atoms in total. The van der Waals surface area contributed by atoms with Crippen LogP contribution in [0.25, 0.3) is 0 Å². The van der Waals surface area contributed by atoms with Crippen molar-refractivity contribution < 1.29 is 41.4 Å². The summed E-state index contributed by atoms with van der Waals surface area (Å²) >= 11 is 0. The van der Waals surface area contributed by atoms with E-state index in [-0.39, 0.29) is 5.56 Å². The van der Waals surface area contributed by atoms with Gasteiger partial charge < -0.3 is 15.7 Å². The second-order valence-electron chi connectivity index (χ2n) is 4.84. The number of carboxylic acids is 1. The predicted octanol–water partition coefficient (Wildman–Crippen LogP) is 1.66. The number of amides is 2. The minimum absolute atomic E-state index is 0.164. The molecule has 1 rings (SSSR count). The highest BCUT2D eigenvalue weighted by molar-refractivity contribution is 5.96. The van der Waals surface area contributed by atoms with Crippen LogP contribution in [0.2, 0.25) is 0 Å². The number of hydrogen-bond donors (Lipinski definition) is 3. The molecule has 0 heterocycles. The fourth-order valence-corrected chi connectivity index (χ4v) is 1.72. The molecule has 0 saturated heterocycles. The Hall–Kier alpha value is -2.72. The third-order valence-electron chi connectivity index (χ3n) is 2.93. The van der Waals surface area contributed by atoms with Crippen LogP contribution in [0.15, 0.2) is 24.3 Å². The van der Waals surface area contributed by atoms with E-state index in [1.807, 2.05) is 5.32 Å². The standard InChI is InChI=1S/C14H13F5N2O4/c15-10(16)5-9(13(24)25)21-11(22)6-20-12(23)7-1-3-8(4-2-7)14(17,18)19/h1-4,9-10H,5-6H2,(H,20,23)(H,21,22)(H,24,25). The highest BCUT2D eigenvalue weighted by Crippen LogP contribution is 2.29. The van der Waals surface area contributed by atoms with Gasteiger partial charge in [-0.25, -0.2) is 13.6 Å². The number of aliphatic carboxylic acids is 1. The van der Waals surface area contributed by atoms with Gasteiger partial charge in [0.25, 0.3) is 5.91 Å². The van der Waals surface area contributed by atoms with Gasteiger partial charge in [0.2, 0.25) is 12.3 Å². The maximum atomic E-state index is 12.4. The summed E-state index contributed by atoms with van der Waals surface area (Å²) in [5.41, 5.74) is -1.12. The van der Waals surface area contributed by atoms with E-state index in [1.54, 1.807) is 5.32 Å². The van der Waals surface area contributed by atoms with E-state index < -0.39 is 55.0 Å². The van der Waals surface area contributed by atoms with Gasteiger partial charge in [0.1, 0.15) is 6.04 Å². The molecule has 1 aromatic rings. The van der Waals surface area contributed by atoms with Crippen molar-refractivity contribution in [1.82, 2.24) is 10.6 Å². The van der Waals surface area contributed by atoms with Crippen molar-refractivity contribution in [2.75, 3.05) is 6.54 Å². The van der Waals surface area contributed by atoms with Crippen LogP contribution in [-0.4, -0.2) is 41.9 Å². The summed E-state index contributed by atoms with van der Waals surface area (Å²) < 4.78 is 61.6. The van der Waals surface area contributed by atoms with Gasteiger partial charge in [-0.2, -0.15) is 13.2 Å². The van der Waals surface area contributed by atoms with E-state index in [2.05, 4.69) is 0 Å². The molecule has 0 aliphatic rings. The second-order valence-corrected chi connectivity index (χ2v) is 4.84. The lowest BCUT2D eigenvalue weighted by Gasteiger charge is -2.14. The van der Waals surface area contributed by atoms with Crippen molar-refractivity contribution in [3.8, 4) is 0 Å². The van der Waals surface area contributed by atoms with Crippen molar-refractivity contribution in [3.05, 3.63) is 35.4 Å². The smallest absolute Gasteiger partial charge is 0.416 e. The zero-order chi connectivity index (χ0) is 19.2. The van der Waals surface area contributed by atoms with Gasteiger partial charge in [-0.05, 0) is 24.3 Å². The van der Waals surface area contributed by atoms with Crippen molar-refractivity contribution >= 4 is 17.8 Å². The fourth-order valence-electron chi connectivity index (χ4n) is 1.72. The van der Waals surface area contributed by atoms with Gasteiger partial charge in [-0.1, -0.05) is 0 Å². The van der Waals surface area contributed by atoms with Crippen LogP contribution in [0.4, 0.5) is 22.0 Å². The molecule has 0 radical (unpaired) electrons. The highest BCUT2D eigenvalue weighted by atomic mass is 19.4. The number of carboxylic acid groups (broad SMARTS) is 1. The summed E-state index contributed by atoms with van der Waals surface area (Å²) in [5, 5.41) is 12.5. The summed E-state index contributed by atoms with van der Waals surface area (Å²) in [7, 11) is 0. The predicted molar refractivity (Wildman–Crippen MR) is 74.0 cm³/mol. The second kappa shape index (κ2) is 8.40. The number of benzene rings is 1.